The summed E-state index contributed by atoms with van der Waals surface area (Å²) >= 11 is 0. The standard InChI is InChI=1S/C10H16N2O2/c1-3-4-9(14)5-6-10(11)12-7-8(2)13/h3-4H,5-7H2,1-2H3,(H2,11,12)/b4-3+. The number of hydrogen-bond donors (Lipinski definition) is 1. The van der Waals surface area contributed by atoms with Crippen LogP contribution in [-0.4, -0.2) is 23.9 Å². The molecular weight excluding hydrogens is 180 g/mol. The highest BCUT2D eigenvalue weighted by atomic mass is 16.1. The van der Waals surface area contributed by atoms with Crippen molar-refractivity contribution in [3.63, 3.8) is 0 Å². The van der Waals surface area contributed by atoms with Crippen LogP contribution in [0.15, 0.2) is 17.1 Å². The number of nitrogens with zero attached hydrogens (tertiary/aromatic N) is 1. The first-order chi connectivity index (χ1) is 6.56. The predicted molar refractivity (Wildman–Crippen MR) is 56.2 cm³/mol. The lowest BCUT2D eigenvalue weighted by molar-refractivity contribution is -0.116. The van der Waals surface area contributed by atoms with Crippen molar-refractivity contribution in [2.75, 3.05) is 6.54 Å². The number of hydrogen-bond acceptors (Lipinski definition) is 3. The van der Waals surface area contributed by atoms with Crippen molar-refractivity contribution in [3.05, 3.63) is 12.2 Å². The van der Waals surface area contributed by atoms with E-state index in [4.69, 9.17) is 5.73 Å². The predicted octanol–water partition coefficient (Wildman–Crippen LogP) is 0.858. The Bertz CT molecular complexity index is 267. The van der Waals surface area contributed by atoms with E-state index in [2.05, 4.69) is 4.99 Å². The van der Waals surface area contributed by atoms with Gasteiger partial charge in [-0.25, -0.2) is 0 Å². The second kappa shape index (κ2) is 7.00. The summed E-state index contributed by atoms with van der Waals surface area (Å²) in [6, 6.07) is 0. The zero-order valence-corrected chi connectivity index (χ0v) is 8.62. The molecule has 0 aromatic heterocycles. The molecule has 14 heavy (non-hydrogen) atoms. The molecular formula is C10H16N2O2. The van der Waals surface area contributed by atoms with Crippen molar-refractivity contribution in [2.45, 2.75) is 26.7 Å². The number of nitrogens with two attached hydrogens (primary N) is 1. The fourth-order valence-electron chi connectivity index (χ4n) is 0.812. The van der Waals surface area contributed by atoms with Crippen LogP contribution in [0.4, 0.5) is 0 Å². The summed E-state index contributed by atoms with van der Waals surface area (Å²) < 4.78 is 0. The van der Waals surface area contributed by atoms with Crippen LogP contribution in [-0.2, 0) is 9.59 Å². The number of ketones is 2. The Labute approximate surface area is 83.9 Å². The highest BCUT2D eigenvalue weighted by Crippen LogP contribution is 1.93. The molecule has 4 nitrogen and oxygen atoms in total. The van der Waals surface area contributed by atoms with E-state index in [1.165, 1.54) is 13.0 Å². The van der Waals surface area contributed by atoms with Gasteiger partial charge in [-0.15, -0.1) is 0 Å². The molecule has 0 radical (unpaired) electrons. The molecule has 2 N–H and O–H groups in total. The maximum Gasteiger partial charge on any atom is 0.155 e. The highest BCUT2D eigenvalue weighted by molar-refractivity contribution is 5.93. The van der Waals surface area contributed by atoms with Crippen molar-refractivity contribution in [1.29, 1.82) is 0 Å². The van der Waals surface area contributed by atoms with Crippen LogP contribution in [0.5, 0.6) is 0 Å². The summed E-state index contributed by atoms with van der Waals surface area (Å²) in [7, 11) is 0. The second-order valence-electron chi connectivity index (χ2n) is 2.98. The lowest BCUT2D eigenvalue weighted by Gasteiger charge is -1.97. The molecule has 4 heteroatoms. The number of aliphatic imine (C=N–C) groups is 1. The van der Waals surface area contributed by atoms with Gasteiger partial charge in [0.05, 0.1) is 12.4 Å². The molecule has 0 aromatic rings. The number of rotatable bonds is 6. The van der Waals surface area contributed by atoms with Gasteiger partial charge < -0.3 is 5.73 Å². The van der Waals surface area contributed by atoms with E-state index in [0.717, 1.165) is 0 Å². The third-order valence-electron chi connectivity index (χ3n) is 1.48. The minimum absolute atomic E-state index is 0.0217. The smallest absolute Gasteiger partial charge is 0.155 e. The Morgan fingerprint density at radius 3 is 2.50 bits per heavy atom. The zero-order chi connectivity index (χ0) is 11.0. The van der Waals surface area contributed by atoms with E-state index < -0.39 is 0 Å². The summed E-state index contributed by atoms with van der Waals surface area (Å²) in [5.41, 5.74) is 5.49. The molecule has 0 aromatic carbocycles. The second-order valence-corrected chi connectivity index (χ2v) is 2.98. The van der Waals surface area contributed by atoms with Crippen molar-refractivity contribution in [2.24, 2.45) is 10.7 Å². The normalized spacial score (nSPS) is 12.0. The van der Waals surface area contributed by atoms with Gasteiger partial charge in [0.1, 0.15) is 0 Å². The quantitative estimate of drug-likeness (QED) is 0.389. The molecule has 0 saturated carbocycles. The van der Waals surface area contributed by atoms with Crippen molar-refractivity contribution in [3.8, 4) is 0 Å². The van der Waals surface area contributed by atoms with Gasteiger partial charge in [-0.1, -0.05) is 6.08 Å². The van der Waals surface area contributed by atoms with E-state index in [0.29, 0.717) is 18.7 Å². The number of carbonyl (C=O) groups excluding carboxylic acids is 2. The topological polar surface area (TPSA) is 72.5 Å². The van der Waals surface area contributed by atoms with Gasteiger partial charge in [0.25, 0.3) is 0 Å². The molecule has 0 aliphatic heterocycles. The van der Waals surface area contributed by atoms with E-state index in [-0.39, 0.29) is 18.1 Å². The van der Waals surface area contributed by atoms with Gasteiger partial charge in [0.2, 0.25) is 0 Å². The SMILES string of the molecule is C/C=C/C(=O)CCC(N)=NCC(C)=O. The number of amidine groups is 1. The Balaban J connectivity index is 3.83. The van der Waals surface area contributed by atoms with Crippen molar-refractivity contribution < 1.29 is 9.59 Å². The van der Waals surface area contributed by atoms with E-state index in [1.807, 2.05) is 0 Å². The lowest BCUT2D eigenvalue weighted by Crippen LogP contribution is -2.15. The van der Waals surface area contributed by atoms with Crippen LogP contribution in [0.3, 0.4) is 0 Å². The molecule has 0 atom stereocenters. The number of allylic oxidation sites excluding steroid dienone is 2. The van der Waals surface area contributed by atoms with Crippen LogP contribution in [0.25, 0.3) is 0 Å². The molecule has 0 rings (SSSR count). The van der Waals surface area contributed by atoms with Gasteiger partial charge in [-0.2, -0.15) is 0 Å². The van der Waals surface area contributed by atoms with E-state index in [1.54, 1.807) is 13.0 Å². The number of carbonyl (C=O) groups is 2. The monoisotopic (exact) mass is 196 g/mol. The first-order valence-electron chi connectivity index (χ1n) is 4.50. The summed E-state index contributed by atoms with van der Waals surface area (Å²) in [5.74, 6) is 0.347. The minimum atomic E-state index is -0.0345. The van der Waals surface area contributed by atoms with Gasteiger partial charge >= 0.3 is 0 Å². The fourth-order valence-corrected chi connectivity index (χ4v) is 0.812. The van der Waals surface area contributed by atoms with Crippen LogP contribution in [0, 0.1) is 0 Å². The van der Waals surface area contributed by atoms with Crippen LogP contribution in [0.2, 0.25) is 0 Å². The Morgan fingerprint density at radius 2 is 2.00 bits per heavy atom. The molecule has 0 heterocycles. The van der Waals surface area contributed by atoms with Gasteiger partial charge in [0.15, 0.2) is 11.6 Å². The lowest BCUT2D eigenvalue weighted by atomic mass is 10.2. The van der Waals surface area contributed by atoms with Gasteiger partial charge in [0, 0.05) is 12.8 Å². The van der Waals surface area contributed by atoms with Gasteiger partial charge in [-0.3, -0.25) is 14.6 Å². The zero-order valence-electron chi connectivity index (χ0n) is 8.62. The molecule has 0 aliphatic rings. The maximum absolute atomic E-state index is 11.0. The summed E-state index contributed by atoms with van der Waals surface area (Å²) in [5, 5.41) is 0. The van der Waals surface area contributed by atoms with Crippen LogP contribution in [0.1, 0.15) is 26.7 Å². The summed E-state index contributed by atoms with van der Waals surface area (Å²) in [6.45, 7) is 3.33. The fraction of sp³-hybridized carbons (Fsp3) is 0.500. The molecule has 0 saturated heterocycles. The molecule has 0 fully saturated rings. The van der Waals surface area contributed by atoms with E-state index in [9.17, 15) is 9.59 Å². The molecule has 0 unspecified atom stereocenters. The first-order valence-corrected chi connectivity index (χ1v) is 4.50. The van der Waals surface area contributed by atoms with Gasteiger partial charge in [-0.05, 0) is 19.9 Å². The molecule has 0 bridgehead atoms. The summed E-state index contributed by atoms with van der Waals surface area (Å²) in [6.07, 6.45) is 3.94. The Kier molecular flexibility index (Phi) is 6.28. The third kappa shape index (κ3) is 7.21. The van der Waals surface area contributed by atoms with E-state index >= 15 is 0 Å². The molecule has 0 amide bonds. The molecule has 0 spiro atoms. The van der Waals surface area contributed by atoms with Crippen LogP contribution >= 0.6 is 0 Å². The summed E-state index contributed by atoms with van der Waals surface area (Å²) in [4.78, 5) is 25.4. The Morgan fingerprint density at radius 1 is 1.36 bits per heavy atom. The van der Waals surface area contributed by atoms with Crippen LogP contribution < -0.4 is 5.73 Å². The minimum Gasteiger partial charge on any atom is -0.387 e. The van der Waals surface area contributed by atoms with Crippen molar-refractivity contribution in [1.82, 2.24) is 0 Å². The largest absolute Gasteiger partial charge is 0.387 e. The highest BCUT2D eigenvalue weighted by Gasteiger charge is 1.99. The number of Topliss-reactive ketones (excluding diaryl/α,β-unsaturated/α-hetero) is 1. The molecule has 78 valence electrons. The maximum atomic E-state index is 11.0. The van der Waals surface area contributed by atoms with Crippen molar-refractivity contribution >= 4 is 17.4 Å². The molecule has 0 aliphatic carbocycles. The average molecular weight is 196 g/mol. The first kappa shape index (κ1) is 12.6. The Hall–Kier alpha value is -1.45. The average Bonchev–Trinajstić information content (AvgIpc) is 2.12. The third-order valence-corrected chi connectivity index (χ3v) is 1.48.